The first kappa shape index (κ1) is 54.7. The van der Waals surface area contributed by atoms with E-state index in [0.29, 0.717) is 53.3 Å². The Morgan fingerprint density at radius 1 is 0.257 bits per heavy atom. The fraction of sp³-hybridized carbons (Fsp3) is 1.00. The molecule has 3 unspecified atom stereocenters. The van der Waals surface area contributed by atoms with Crippen molar-refractivity contribution in [3.8, 4) is 0 Å². The zero-order valence-electron chi connectivity index (χ0n) is 47.2. The SMILES string of the molecule is CCC(C1CCCCC1)C(OB(OC(C1CCCCC1)(C1CCCCC1)C(CC)C1CCCCC1)OC(C1CCCCC1)(C1CCCCC1)C(CC)C1CCCCC1)(C1CCCCC1)C1CCCCC1. The van der Waals surface area contributed by atoms with Gasteiger partial charge in [0.05, 0.1) is 16.8 Å². The highest BCUT2D eigenvalue weighted by atomic mass is 16.8. The molecule has 0 N–H and O–H groups in total. The van der Waals surface area contributed by atoms with Gasteiger partial charge in [0, 0.05) is 0 Å². The summed E-state index contributed by atoms with van der Waals surface area (Å²) in [6.07, 6.45) is 67.1. The lowest BCUT2D eigenvalue weighted by Gasteiger charge is -2.61. The van der Waals surface area contributed by atoms with Gasteiger partial charge in [-0.25, -0.2) is 0 Å². The molecule has 0 heterocycles. The van der Waals surface area contributed by atoms with Crippen LogP contribution in [0.2, 0.25) is 0 Å². The quantitative estimate of drug-likeness (QED) is 0.107. The Morgan fingerprint density at radius 2 is 0.414 bits per heavy atom. The van der Waals surface area contributed by atoms with E-state index >= 15 is 0 Å². The monoisotopic (exact) mass is 969 g/mol. The normalized spacial score (nSPS) is 28.2. The molecule has 0 saturated heterocycles. The highest BCUT2D eigenvalue weighted by molar-refractivity contribution is 6.37. The van der Waals surface area contributed by atoms with Gasteiger partial charge in [-0.3, -0.25) is 0 Å². The number of hydrogen-bond acceptors (Lipinski definition) is 3. The molecule has 3 atom stereocenters. The molecule has 0 radical (unpaired) electrons. The van der Waals surface area contributed by atoms with Crippen LogP contribution in [0.5, 0.6) is 0 Å². The fourth-order valence-electron chi connectivity index (χ4n) is 21.2. The van der Waals surface area contributed by atoms with Crippen LogP contribution in [0.15, 0.2) is 0 Å². The molecule has 0 bridgehead atoms. The lowest BCUT2D eigenvalue weighted by atomic mass is 9.54. The van der Waals surface area contributed by atoms with E-state index in [2.05, 4.69) is 20.8 Å². The first-order chi connectivity index (χ1) is 34.6. The summed E-state index contributed by atoms with van der Waals surface area (Å²) in [5, 5.41) is 0. The number of hydrogen-bond donors (Lipinski definition) is 0. The smallest absolute Gasteiger partial charge is 0.379 e. The second-order valence-corrected chi connectivity index (χ2v) is 27.5. The summed E-state index contributed by atoms with van der Waals surface area (Å²) in [5.74, 6) is 7.92. The predicted molar refractivity (Wildman–Crippen MR) is 298 cm³/mol. The fourth-order valence-corrected chi connectivity index (χ4v) is 21.2. The molecule has 0 aromatic rings. The van der Waals surface area contributed by atoms with Crippen LogP contribution < -0.4 is 0 Å². The molecule has 9 rings (SSSR count). The first-order valence-corrected chi connectivity index (χ1v) is 33.6. The molecule has 70 heavy (non-hydrogen) atoms. The van der Waals surface area contributed by atoms with Gasteiger partial charge in [0.25, 0.3) is 0 Å². The third-order valence-corrected chi connectivity index (χ3v) is 24.1. The summed E-state index contributed by atoms with van der Waals surface area (Å²) in [6, 6.07) is 0. The van der Waals surface area contributed by atoms with Gasteiger partial charge >= 0.3 is 7.32 Å². The van der Waals surface area contributed by atoms with Crippen LogP contribution in [-0.2, 0) is 14.0 Å². The molecule has 9 fully saturated rings. The van der Waals surface area contributed by atoms with Gasteiger partial charge in [-0.15, -0.1) is 0 Å². The van der Waals surface area contributed by atoms with E-state index in [0.717, 1.165) is 17.8 Å². The minimum Gasteiger partial charge on any atom is -0.379 e. The van der Waals surface area contributed by atoms with Gasteiger partial charge in [-0.2, -0.15) is 0 Å². The third kappa shape index (κ3) is 12.1. The van der Waals surface area contributed by atoms with Crippen molar-refractivity contribution in [1.29, 1.82) is 0 Å². The van der Waals surface area contributed by atoms with Crippen molar-refractivity contribution in [3.63, 3.8) is 0 Å². The standard InChI is InChI=1S/C66H117BO3/c1-4-61(52-34-16-7-17-35-52)64(55-40-22-10-23-41-55,56-42-24-11-25-43-56)68-67(69-65(57-44-26-12-27-45-57,58-46-28-13-29-47-58)62(5-2)53-36-18-8-19-37-53)70-66(59-48-30-14-31-49-59,60-50-32-15-33-51-60)63(6-3)54-38-20-9-21-39-54/h52-63H,4-51H2,1-3H3. The van der Waals surface area contributed by atoms with Crippen molar-refractivity contribution < 1.29 is 14.0 Å². The lowest BCUT2D eigenvalue weighted by molar-refractivity contribution is -0.227. The highest BCUT2D eigenvalue weighted by Gasteiger charge is 2.64. The maximum Gasteiger partial charge on any atom is 0.640 e. The van der Waals surface area contributed by atoms with Crippen LogP contribution in [0.25, 0.3) is 0 Å². The van der Waals surface area contributed by atoms with Crippen LogP contribution in [0.3, 0.4) is 0 Å². The van der Waals surface area contributed by atoms with Crippen LogP contribution >= 0.6 is 0 Å². The van der Waals surface area contributed by atoms with Gasteiger partial charge in [0.1, 0.15) is 0 Å². The maximum atomic E-state index is 9.22. The van der Waals surface area contributed by atoms with E-state index in [1.807, 2.05) is 0 Å². The predicted octanol–water partition coefficient (Wildman–Crippen LogP) is 20.5. The van der Waals surface area contributed by atoms with E-state index in [1.54, 1.807) is 0 Å². The Bertz CT molecular complexity index is 1200. The largest absolute Gasteiger partial charge is 0.640 e. The van der Waals surface area contributed by atoms with Crippen LogP contribution in [-0.4, -0.2) is 24.1 Å². The second kappa shape index (κ2) is 27.3. The molecular formula is C66H117BO3. The summed E-state index contributed by atoms with van der Waals surface area (Å²) in [4.78, 5) is 0. The van der Waals surface area contributed by atoms with E-state index in [4.69, 9.17) is 0 Å². The molecule has 9 aliphatic rings. The van der Waals surface area contributed by atoms with Gasteiger partial charge < -0.3 is 14.0 Å². The lowest BCUT2D eigenvalue weighted by Crippen LogP contribution is -2.67. The zero-order chi connectivity index (χ0) is 48.1. The molecule has 9 aliphatic carbocycles. The maximum absolute atomic E-state index is 9.22. The average molecular weight is 969 g/mol. The van der Waals surface area contributed by atoms with E-state index in [9.17, 15) is 14.0 Å². The molecule has 0 spiro atoms. The van der Waals surface area contributed by atoms with Crippen molar-refractivity contribution in [3.05, 3.63) is 0 Å². The minimum absolute atomic E-state index is 0.170. The summed E-state index contributed by atoms with van der Waals surface area (Å²) in [7, 11) is -0.551. The third-order valence-electron chi connectivity index (χ3n) is 24.1. The van der Waals surface area contributed by atoms with Crippen molar-refractivity contribution in [1.82, 2.24) is 0 Å². The molecule has 0 aromatic carbocycles. The number of rotatable bonds is 21. The van der Waals surface area contributed by atoms with Crippen LogP contribution in [0.1, 0.15) is 329 Å². The summed E-state index contributed by atoms with van der Waals surface area (Å²) in [5.41, 5.74) is -0.509. The summed E-state index contributed by atoms with van der Waals surface area (Å²) in [6.45, 7) is 7.94. The van der Waals surface area contributed by atoms with Gasteiger partial charge in [-0.05, 0) is 148 Å². The topological polar surface area (TPSA) is 27.7 Å². The van der Waals surface area contributed by atoms with E-state index in [-0.39, 0.29) is 16.8 Å². The Balaban J connectivity index is 1.29. The Morgan fingerprint density at radius 3 is 0.571 bits per heavy atom. The van der Waals surface area contributed by atoms with E-state index in [1.165, 1.54) is 308 Å². The molecule has 0 aliphatic heterocycles. The minimum atomic E-state index is -0.551. The van der Waals surface area contributed by atoms with Crippen LogP contribution in [0, 0.1) is 71.0 Å². The Kier molecular flexibility index (Phi) is 21.4. The Hall–Kier alpha value is -0.0551. The molecule has 0 aromatic heterocycles. The summed E-state index contributed by atoms with van der Waals surface area (Å²) < 4.78 is 27.7. The second-order valence-electron chi connectivity index (χ2n) is 27.5. The molecule has 3 nitrogen and oxygen atoms in total. The Labute approximate surface area is 436 Å². The first-order valence-electron chi connectivity index (χ1n) is 33.6. The van der Waals surface area contributed by atoms with Crippen molar-refractivity contribution in [2.24, 2.45) is 71.0 Å². The van der Waals surface area contributed by atoms with Gasteiger partial charge in [0.15, 0.2) is 0 Å². The molecule has 9 saturated carbocycles. The zero-order valence-corrected chi connectivity index (χ0v) is 47.2. The molecule has 402 valence electrons. The molecule has 4 heteroatoms. The van der Waals surface area contributed by atoms with Gasteiger partial charge in [0.2, 0.25) is 0 Å². The summed E-state index contributed by atoms with van der Waals surface area (Å²) >= 11 is 0. The van der Waals surface area contributed by atoms with Crippen molar-refractivity contribution in [2.45, 2.75) is 346 Å². The van der Waals surface area contributed by atoms with Crippen molar-refractivity contribution >= 4 is 7.32 Å². The van der Waals surface area contributed by atoms with Gasteiger partial charge in [-0.1, -0.05) is 252 Å². The van der Waals surface area contributed by atoms with Crippen LogP contribution in [0.4, 0.5) is 0 Å². The molecule has 0 amide bonds. The average Bonchev–Trinajstić information content (AvgIpc) is 3.45. The van der Waals surface area contributed by atoms with E-state index < -0.39 is 7.32 Å². The highest BCUT2D eigenvalue weighted by Crippen LogP contribution is 2.61. The molecular weight excluding hydrogens is 852 g/mol. The van der Waals surface area contributed by atoms with Crippen molar-refractivity contribution in [2.75, 3.05) is 0 Å².